The van der Waals surface area contributed by atoms with Crippen LogP contribution in [0, 0.1) is 11.6 Å². The van der Waals surface area contributed by atoms with Gasteiger partial charge in [0.05, 0.1) is 17.3 Å². The van der Waals surface area contributed by atoms with Crippen molar-refractivity contribution in [2.75, 3.05) is 5.32 Å². The minimum atomic E-state index is -4.12. The summed E-state index contributed by atoms with van der Waals surface area (Å²) in [7, 11) is -4.12. The van der Waals surface area contributed by atoms with Crippen molar-refractivity contribution in [3.05, 3.63) is 76.6 Å². The lowest BCUT2D eigenvalue weighted by Gasteiger charge is -2.26. The summed E-state index contributed by atoms with van der Waals surface area (Å²) in [4.78, 5) is 7.72. The molecule has 1 aliphatic heterocycles. The number of hydrogen-bond acceptors (Lipinski definition) is 5. The van der Waals surface area contributed by atoms with Crippen LogP contribution in [-0.2, 0) is 22.0 Å². The van der Waals surface area contributed by atoms with Crippen LogP contribution < -0.4 is 14.8 Å². The lowest BCUT2D eigenvalue weighted by atomic mass is 9.86. The van der Waals surface area contributed by atoms with E-state index >= 15 is 0 Å². The first-order valence-corrected chi connectivity index (χ1v) is 12.1. The zero-order valence-electron chi connectivity index (χ0n) is 18.5. The Bertz CT molecular complexity index is 1410. The van der Waals surface area contributed by atoms with Crippen molar-refractivity contribution in [1.29, 1.82) is 0 Å². The molecule has 7 nitrogen and oxygen atoms in total. The lowest BCUT2D eigenvalue weighted by Crippen LogP contribution is -2.41. The molecule has 0 fully saturated rings. The van der Waals surface area contributed by atoms with Gasteiger partial charge in [-0.3, -0.25) is 4.98 Å². The van der Waals surface area contributed by atoms with Crippen molar-refractivity contribution in [2.24, 2.45) is 4.99 Å². The molecule has 0 atom stereocenters. The van der Waals surface area contributed by atoms with Gasteiger partial charge in [0.15, 0.2) is 11.6 Å². The summed E-state index contributed by atoms with van der Waals surface area (Å²) in [6.07, 6.45) is 1.39. The van der Waals surface area contributed by atoms with Crippen molar-refractivity contribution in [1.82, 2.24) is 9.71 Å². The zero-order chi connectivity index (χ0) is 24.7. The molecule has 2 heterocycles. The van der Waals surface area contributed by atoms with Crippen molar-refractivity contribution < 1.29 is 21.9 Å². The fourth-order valence-corrected chi connectivity index (χ4v) is 4.73. The molecule has 0 amide bonds. The van der Waals surface area contributed by atoms with E-state index in [0.717, 1.165) is 12.1 Å². The number of aliphatic imine (C=N–C) groups is 1. The van der Waals surface area contributed by atoms with Gasteiger partial charge in [0.1, 0.15) is 22.1 Å². The molecule has 0 saturated heterocycles. The van der Waals surface area contributed by atoms with E-state index in [0.29, 0.717) is 5.56 Å². The number of nitrogens with zero attached hydrogens (tertiary/aromatic N) is 2. The predicted octanol–water partition coefficient (Wildman–Crippen LogP) is 5.36. The molecule has 0 bridgehead atoms. The normalized spacial score (nSPS) is 15.9. The number of rotatable bonds is 4. The second-order valence-electron chi connectivity index (χ2n) is 8.55. The monoisotopic (exact) mass is 506 g/mol. The van der Waals surface area contributed by atoms with Gasteiger partial charge in [-0.05, 0) is 35.7 Å². The molecule has 0 unspecified atom stereocenters. The van der Waals surface area contributed by atoms with Crippen molar-refractivity contribution in [3.63, 3.8) is 0 Å². The van der Waals surface area contributed by atoms with Gasteiger partial charge < -0.3 is 10.1 Å². The van der Waals surface area contributed by atoms with Crippen molar-refractivity contribution in [3.8, 4) is 11.5 Å². The van der Waals surface area contributed by atoms with Gasteiger partial charge in [0.2, 0.25) is 5.96 Å². The SMILES string of the molecule is CC(C)(C)c1cccc(Cl)c1Oc1c(F)ccc2c1NC(=NCc1ncccc1F)NS2(=O)=O. The highest BCUT2D eigenvalue weighted by atomic mass is 35.5. The van der Waals surface area contributed by atoms with Crippen LogP contribution in [0.2, 0.25) is 5.02 Å². The number of ether oxygens (including phenoxy) is 1. The molecule has 1 aromatic heterocycles. The number of benzene rings is 2. The average Bonchev–Trinajstić information content (AvgIpc) is 2.75. The first kappa shape index (κ1) is 23.9. The number of pyridine rings is 1. The molecule has 0 saturated carbocycles. The minimum Gasteiger partial charge on any atom is -0.450 e. The molecular formula is C23H21ClF2N4O3S. The van der Waals surface area contributed by atoms with Crippen LogP contribution in [0.1, 0.15) is 32.0 Å². The maximum atomic E-state index is 15.0. The van der Waals surface area contributed by atoms with Gasteiger partial charge in [-0.2, -0.15) is 0 Å². The molecule has 178 valence electrons. The molecule has 0 spiro atoms. The fourth-order valence-electron chi connectivity index (χ4n) is 3.37. The number of aromatic nitrogens is 1. The van der Waals surface area contributed by atoms with E-state index in [4.69, 9.17) is 16.3 Å². The smallest absolute Gasteiger partial charge is 0.266 e. The Kier molecular flexibility index (Phi) is 6.22. The Morgan fingerprint density at radius 3 is 2.53 bits per heavy atom. The highest BCUT2D eigenvalue weighted by molar-refractivity contribution is 7.90. The molecule has 0 radical (unpaired) electrons. The van der Waals surface area contributed by atoms with Gasteiger partial charge >= 0.3 is 0 Å². The Hall–Kier alpha value is -3.24. The van der Waals surface area contributed by atoms with E-state index in [1.54, 1.807) is 18.2 Å². The van der Waals surface area contributed by atoms with Gasteiger partial charge in [-0.15, -0.1) is 0 Å². The number of para-hydroxylation sites is 1. The highest BCUT2D eigenvalue weighted by Crippen LogP contribution is 2.44. The summed E-state index contributed by atoms with van der Waals surface area (Å²) < 4.78 is 62.7. The molecule has 1 aliphatic rings. The first-order chi connectivity index (χ1) is 16.0. The van der Waals surface area contributed by atoms with Crippen LogP contribution in [-0.4, -0.2) is 19.4 Å². The molecule has 11 heteroatoms. The second kappa shape index (κ2) is 8.84. The average molecular weight is 507 g/mol. The van der Waals surface area contributed by atoms with Crippen molar-refractivity contribution >= 4 is 33.3 Å². The molecular weight excluding hydrogens is 486 g/mol. The number of hydrogen-bond donors (Lipinski definition) is 2. The summed E-state index contributed by atoms with van der Waals surface area (Å²) in [5.74, 6) is -1.79. The van der Waals surface area contributed by atoms with Crippen LogP contribution in [0.5, 0.6) is 11.5 Å². The predicted molar refractivity (Wildman–Crippen MR) is 126 cm³/mol. The van der Waals surface area contributed by atoms with E-state index in [9.17, 15) is 17.2 Å². The maximum absolute atomic E-state index is 15.0. The van der Waals surface area contributed by atoms with Crippen LogP contribution >= 0.6 is 11.6 Å². The van der Waals surface area contributed by atoms with Gasteiger partial charge in [0.25, 0.3) is 10.0 Å². The van der Waals surface area contributed by atoms with E-state index in [2.05, 4.69) is 20.0 Å². The van der Waals surface area contributed by atoms with Crippen molar-refractivity contribution in [2.45, 2.75) is 37.6 Å². The van der Waals surface area contributed by atoms with Gasteiger partial charge in [-0.1, -0.05) is 44.5 Å². The number of fused-ring (bicyclic) bond motifs is 1. The topological polar surface area (TPSA) is 92.7 Å². The first-order valence-electron chi connectivity index (χ1n) is 10.2. The van der Waals surface area contributed by atoms with Gasteiger partial charge in [0, 0.05) is 11.8 Å². The third-order valence-electron chi connectivity index (χ3n) is 5.04. The summed E-state index contributed by atoms with van der Waals surface area (Å²) in [6, 6.07) is 9.90. The Morgan fingerprint density at radius 1 is 1.06 bits per heavy atom. The Balaban J connectivity index is 1.79. The molecule has 0 aliphatic carbocycles. The summed E-state index contributed by atoms with van der Waals surface area (Å²) in [5, 5.41) is 2.99. The van der Waals surface area contributed by atoms with E-state index in [1.807, 2.05) is 20.8 Å². The number of sulfonamides is 1. The van der Waals surface area contributed by atoms with Gasteiger partial charge in [-0.25, -0.2) is 26.9 Å². The Morgan fingerprint density at radius 2 is 1.82 bits per heavy atom. The number of halogens is 3. The van der Waals surface area contributed by atoms with E-state index < -0.39 is 27.1 Å². The van der Waals surface area contributed by atoms with E-state index in [1.165, 1.54) is 18.3 Å². The van der Waals surface area contributed by atoms with E-state index in [-0.39, 0.29) is 45.3 Å². The molecule has 2 aromatic carbocycles. The van der Waals surface area contributed by atoms with Crippen LogP contribution in [0.3, 0.4) is 0 Å². The minimum absolute atomic E-state index is 0.0170. The molecule has 34 heavy (non-hydrogen) atoms. The summed E-state index contributed by atoms with van der Waals surface area (Å²) in [6.45, 7) is 5.57. The Labute approximate surface area is 200 Å². The highest BCUT2D eigenvalue weighted by Gasteiger charge is 2.32. The fraction of sp³-hybridized carbons (Fsp3) is 0.217. The summed E-state index contributed by atoms with van der Waals surface area (Å²) in [5.41, 5.74) is 0.168. The third kappa shape index (κ3) is 4.69. The van der Waals surface area contributed by atoms with Crippen LogP contribution in [0.15, 0.2) is 58.5 Å². The lowest BCUT2D eigenvalue weighted by molar-refractivity contribution is 0.425. The van der Waals surface area contributed by atoms with Crippen LogP contribution in [0.4, 0.5) is 14.5 Å². The zero-order valence-corrected chi connectivity index (χ0v) is 20.1. The standard InChI is InChI=1S/C23H21ClF2N4O3S/c1-23(2,3)13-6-4-7-14(24)20(13)33-21-16(26)9-10-18-19(21)29-22(30-34(18,31)32)28-12-17-15(25)8-5-11-27-17/h4-11H,12H2,1-3H3,(H2,28,29,30). The number of nitrogens with one attached hydrogen (secondary N) is 2. The third-order valence-corrected chi connectivity index (χ3v) is 6.72. The number of anilines is 1. The number of guanidine groups is 1. The largest absolute Gasteiger partial charge is 0.450 e. The molecule has 2 N–H and O–H groups in total. The summed E-state index contributed by atoms with van der Waals surface area (Å²) >= 11 is 6.37. The van der Waals surface area contributed by atoms with Crippen LogP contribution in [0.25, 0.3) is 0 Å². The molecule has 3 aromatic rings. The maximum Gasteiger partial charge on any atom is 0.266 e. The quantitative estimate of drug-likeness (QED) is 0.496. The molecule has 4 rings (SSSR count). The second-order valence-corrected chi connectivity index (χ2v) is 10.6.